The van der Waals surface area contributed by atoms with E-state index < -0.39 is 28.8 Å². The molecule has 2 aliphatic rings. The topological polar surface area (TPSA) is 130 Å². The van der Waals surface area contributed by atoms with Crippen LogP contribution >= 0.6 is 0 Å². The Morgan fingerprint density at radius 1 is 0.627 bits per heavy atom. The Morgan fingerprint density at radius 2 is 0.941 bits per heavy atom. The summed E-state index contributed by atoms with van der Waals surface area (Å²) in [5.41, 5.74) is 2.38. The highest BCUT2D eigenvalue weighted by Crippen LogP contribution is 2.40. The largest absolute Gasteiger partial charge is 0.507 e. The van der Waals surface area contributed by atoms with Gasteiger partial charge in [0.05, 0.1) is 44.7 Å². The van der Waals surface area contributed by atoms with Crippen molar-refractivity contribution in [1.29, 1.82) is 0 Å². The predicted molar refractivity (Wildman–Crippen MR) is 194 cm³/mol. The summed E-state index contributed by atoms with van der Waals surface area (Å²) in [4.78, 5) is 25.7. The van der Waals surface area contributed by atoms with Crippen molar-refractivity contribution in [2.45, 2.75) is 119 Å². The first-order valence-electron chi connectivity index (χ1n) is 17.9. The molecule has 0 saturated carbocycles. The molecule has 2 heterocycles. The fraction of sp³-hybridized carbons (Fsp3) is 0.659. The van der Waals surface area contributed by atoms with Gasteiger partial charge in [-0.1, -0.05) is 93.5 Å². The van der Waals surface area contributed by atoms with Crippen molar-refractivity contribution in [3.05, 3.63) is 57.6 Å². The van der Waals surface area contributed by atoms with Crippen LogP contribution in [0.15, 0.2) is 24.3 Å². The highest BCUT2D eigenvalue weighted by molar-refractivity contribution is 5.73. The monoisotopic (exact) mass is 712 g/mol. The average molecular weight is 713 g/mol. The van der Waals surface area contributed by atoms with Crippen LogP contribution in [-0.4, -0.2) is 74.4 Å². The number of phenols is 2. The van der Waals surface area contributed by atoms with Crippen molar-refractivity contribution < 1.29 is 48.2 Å². The van der Waals surface area contributed by atoms with Crippen LogP contribution < -0.4 is 0 Å². The van der Waals surface area contributed by atoms with Crippen molar-refractivity contribution in [3.63, 3.8) is 0 Å². The number of carbonyl (C=O) groups is 2. The summed E-state index contributed by atoms with van der Waals surface area (Å²) >= 11 is 0. The quantitative estimate of drug-likeness (QED) is 0.249. The third-order valence-electron chi connectivity index (χ3n) is 9.68. The molecule has 0 aliphatic carbocycles. The molecule has 0 bridgehead atoms. The van der Waals surface area contributed by atoms with Crippen molar-refractivity contribution in [1.82, 2.24) is 0 Å². The van der Waals surface area contributed by atoms with Crippen LogP contribution in [0.5, 0.6) is 11.5 Å². The molecule has 2 saturated heterocycles. The lowest BCUT2D eigenvalue weighted by Gasteiger charge is -2.48. The molecule has 2 fully saturated rings. The Morgan fingerprint density at radius 3 is 1.24 bits per heavy atom. The first kappa shape index (κ1) is 40.6. The van der Waals surface area contributed by atoms with E-state index in [1.165, 1.54) is 0 Å². The third-order valence-corrected chi connectivity index (χ3v) is 9.68. The van der Waals surface area contributed by atoms with E-state index in [-0.39, 0.29) is 60.3 Å². The number of aryl methyl sites for hydroxylation is 2. The molecule has 0 atom stereocenters. The van der Waals surface area contributed by atoms with Crippen LogP contribution in [0.2, 0.25) is 0 Å². The fourth-order valence-electron chi connectivity index (χ4n) is 6.42. The molecular weight excluding hydrogens is 652 g/mol. The summed E-state index contributed by atoms with van der Waals surface area (Å²) < 4.78 is 36.1. The van der Waals surface area contributed by atoms with Gasteiger partial charge >= 0.3 is 11.9 Å². The summed E-state index contributed by atoms with van der Waals surface area (Å²) in [5, 5.41) is 21.0. The number of aromatic hydroxyl groups is 2. The average Bonchev–Trinajstić information content (AvgIpc) is 3.02. The van der Waals surface area contributed by atoms with Crippen molar-refractivity contribution in [3.8, 4) is 11.5 Å². The van der Waals surface area contributed by atoms with E-state index in [4.69, 9.17) is 28.4 Å². The minimum Gasteiger partial charge on any atom is -0.507 e. The van der Waals surface area contributed by atoms with Crippen molar-refractivity contribution in [2.24, 2.45) is 16.2 Å². The maximum Gasteiger partial charge on any atom is 0.310 e. The highest BCUT2D eigenvalue weighted by Gasteiger charge is 2.48. The molecule has 1 spiro atoms. The van der Waals surface area contributed by atoms with E-state index in [2.05, 4.69) is 0 Å². The van der Waals surface area contributed by atoms with Gasteiger partial charge < -0.3 is 38.6 Å². The number of phenolic OH excluding ortho intramolecular Hbond substituents is 2. The van der Waals surface area contributed by atoms with Gasteiger partial charge in [-0.3, -0.25) is 9.59 Å². The zero-order chi connectivity index (χ0) is 38.2. The molecular formula is C41H60O10. The van der Waals surface area contributed by atoms with Gasteiger partial charge in [-0.05, 0) is 58.1 Å². The molecule has 0 amide bonds. The Hall–Kier alpha value is -3.18. The number of hydrogen-bond donors (Lipinski definition) is 2. The lowest BCUT2D eigenvalue weighted by atomic mass is 9.84. The summed E-state index contributed by atoms with van der Waals surface area (Å²) in [7, 11) is 0. The van der Waals surface area contributed by atoms with Gasteiger partial charge in [-0.2, -0.15) is 0 Å². The van der Waals surface area contributed by atoms with Gasteiger partial charge in [0, 0.05) is 10.8 Å². The Bertz CT molecular complexity index is 1440. The lowest BCUT2D eigenvalue weighted by molar-refractivity contribution is -0.337. The van der Waals surface area contributed by atoms with Crippen LogP contribution in [0.4, 0.5) is 0 Å². The van der Waals surface area contributed by atoms with E-state index in [1.807, 2.05) is 107 Å². The molecule has 2 N–H and O–H groups in total. The second-order valence-corrected chi connectivity index (χ2v) is 18.2. The molecule has 2 aromatic rings. The van der Waals surface area contributed by atoms with Gasteiger partial charge in [0.2, 0.25) is 0 Å². The lowest BCUT2D eigenvalue weighted by Crippen LogP contribution is -2.57. The molecule has 4 rings (SSSR count). The molecule has 10 nitrogen and oxygen atoms in total. The van der Waals surface area contributed by atoms with E-state index in [0.29, 0.717) is 26.4 Å². The minimum atomic E-state index is -0.614. The number of rotatable bonds is 10. The summed E-state index contributed by atoms with van der Waals surface area (Å²) in [6.45, 7) is 25.2. The SMILES string of the molecule is Cc1cc(CC(=O)OCC(C)(C)C2OCC3(CO2)COC(C(C)(C)COC(=O)Cc2cc(C)c(O)c(C(C)(C)C)c2)OC3)cc(C(C)(C)C)c1O. The van der Waals surface area contributed by atoms with Gasteiger partial charge in [-0.15, -0.1) is 0 Å². The fourth-order valence-corrected chi connectivity index (χ4v) is 6.42. The number of ether oxygens (including phenoxy) is 6. The molecule has 51 heavy (non-hydrogen) atoms. The van der Waals surface area contributed by atoms with Crippen LogP contribution in [0, 0.1) is 30.1 Å². The maximum atomic E-state index is 12.9. The number of benzene rings is 2. The molecule has 2 aromatic carbocycles. The minimum absolute atomic E-state index is 0.0948. The van der Waals surface area contributed by atoms with Gasteiger partial charge in [0.25, 0.3) is 0 Å². The molecule has 2 aliphatic heterocycles. The summed E-state index contributed by atoms with van der Waals surface area (Å²) in [6, 6.07) is 7.38. The highest BCUT2D eigenvalue weighted by atomic mass is 16.7. The number of esters is 2. The van der Waals surface area contributed by atoms with Crippen molar-refractivity contribution >= 4 is 11.9 Å². The van der Waals surface area contributed by atoms with Crippen LogP contribution in [0.1, 0.15) is 103 Å². The first-order chi connectivity index (χ1) is 23.4. The standard InChI is InChI=1S/C41H60O10/c1-25-13-27(15-29(33(25)44)37(3,4)5)17-31(42)46-19-39(9,10)35-48-21-41(22-49-35)23-50-36(51-24-41)40(11,12)20-47-32(43)18-28-14-26(2)34(45)30(16-28)38(6,7)8/h13-16,35-36,44-45H,17-24H2,1-12H3. The van der Waals surface area contributed by atoms with Gasteiger partial charge in [0.1, 0.15) is 24.7 Å². The Balaban J connectivity index is 1.23. The third kappa shape index (κ3) is 10.0. The molecule has 284 valence electrons. The van der Waals surface area contributed by atoms with Crippen LogP contribution in [0.3, 0.4) is 0 Å². The Labute approximate surface area is 304 Å². The number of carbonyl (C=O) groups excluding carboxylic acids is 2. The van der Waals surface area contributed by atoms with E-state index in [0.717, 1.165) is 33.4 Å². The van der Waals surface area contributed by atoms with Crippen LogP contribution in [0.25, 0.3) is 0 Å². The first-order valence-corrected chi connectivity index (χ1v) is 17.9. The predicted octanol–water partition coefficient (Wildman–Crippen LogP) is 6.97. The summed E-state index contributed by atoms with van der Waals surface area (Å²) in [6.07, 6.45) is -0.996. The zero-order valence-corrected chi connectivity index (χ0v) is 32.8. The molecule has 0 radical (unpaired) electrons. The normalized spacial score (nSPS) is 21.8. The summed E-state index contributed by atoms with van der Waals surface area (Å²) in [5.74, 6) is -0.212. The van der Waals surface area contributed by atoms with Crippen molar-refractivity contribution in [2.75, 3.05) is 39.6 Å². The zero-order valence-electron chi connectivity index (χ0n) is 32.8. The van der Waals surface area contributed by atoms with E-state index >= 15 is 0 Å². The van der Waals surface area contributed by atoms with Gasteiger partial charge in [-0.25, -0.2) is 0 Å². The molecule has 0 unspecified atom stereocenters. The molecule has 0 aromatic heterocycles. The van der Waals surface area contributed by atoms with Crippen LogP contribution in [-0.2, 0) is 61.7 Å². The number of hydrogen-bond acceptors (Lipinski definition) is 10. The second kappa shape index (κ2) is 15.0. The van der Waals surface area contributed by atoms with E-state index in [9.17, 15) is 19.8 Å². The smallest absolute Gasteiger partial charge is 0.310 e. The Kier molecular flexibility index (Phi) is 12.0. The van der Waals surface area contributed by atoms with Gasteiger partial charge in [0.15, 0.2) is 12.6 Å². The molecule has 10 heteroatoms. The second-order valence-electron chi connectivity index (χ2n) is 18.2. The van der Waals surface area contributed by atoms with E-state index in [1.54, 1.807) is 0 Å². The maximum absolute atomic E-state index is 12.9.